The van der Waals surface area contributed by atoms with Crippen LogP contribution in [0.4, 0.5) is 4.79 Å². The fraction of sp³-hybridized carbons (Fsp3) is 0.375. The number of carboxylic acid groups (broad SMARTS) is 1. The van der Waals surface area contributed by atoms with Gasteiger partial charge in [-0.2, -0.15) is 0 Å². The van der Waals surface area contributed by atoms with Gasteiger partial charge < -0.3 is 14.7 Å². The summed E-state index contributed by atoms with van der Waals surface area (Å²) in [5.41, 5.74) is 1.23. The summed E-state index contributed by atoms with van der Waals surface area (Å²) in [4.78, 5) is 24.6. The predicted molar refractivity (Wildman–Crippen MR) is 78.5 cm³/mol. The molecular weight excluding hydrogens is 270 g/mol. The van der Waals surface area contributed by atoms with Crippen LogP contribution in [-0.2, 0) is 4.74 Å². The van der Waals surface area contributed by atoms with E-state index in [-0.39, 0.29) is 24.2 Å². The van der Waals surface area contributed by atoms with Crippen molar-refractivity contribution in [2.24, 2.45) is 0 Å². The zero-order valence-corrected chi connectivity index (χ0v) is 11.8. The summed E-state index contributed by atoms with van der Waals surface area (Å²) in [5, 5.41) is 9.05. The Morgan fingerprint density at radius 3 is 3.00 bits per heavy atom. The molecule has 2 rings (SSSR count). The molecule has 1 saturated heterocycles. The molecule has 1 amide bonds. The van der Waals surface area contributed by atoms with Gasteiger partial charge in [-0.1, -0.05) is 24.8 Å². The van der Waals surface area contributed by atoms with Crippen molar-refractivity contribution in [1.29, 1.82) is 0 Å². The summed E-state index contributed by atoms with van der Waals surface area (Å²) in [7, 11) is 0. The van der Waals surface area contributed by atoms with Crippen molar-refractivity contribution in [3.05, 3.63) is 48.0 Å². The maximum atomic E-state index is 11.9. The smallest absolute Gasteiger partial charge is 0.410 e. The zero-order valence-electron chi connectivity index (χ0n) is 11.8. The van der Waals surface area contributed by atoms with E-state index in [1.54, 1.807) is 23.1 Å². The largest absolute Gasteiger partial charge is 0.478 e. The minimum Gasteiger partial charge on any atom is -0.478 e. The van der Waals surface area contributed by atoms with E-state index in [2.05, 4.69) is 6.58 Å². The van der Waals surface area contributed by atoms with Gasteiger partial charge in [0.05, 0.1) is 5.56 Å². The van der Waals surface area contributed by atoms with Gasteiger partial charge in [-0.3, -0.25) is 0 Å². The van der Waals surface area contributed by atoms with Crippen LogP contribution in [0.3, 0.4) is 0 Å². The second kappa shape index (κ2) is 6.92. The van der Waals surface area contributed by atoms with Gasteiger partial charge in [-0.05, 0) is 30.5 Å². The van der Waals surface area contributed by atoms with Crippen LogP contribution in [0.1, 0.15) is 34.7 Å². The van der Waals surface area contributed by atoms with Crippen molar-refractivity contribution >= 4 is 12.1 Å². The number of ether oxygens (including phenoxy) is 1. The highest BCUT2D eigenvalue weighted by Gasteiger charge is 2.25. The van der Waals surface area contributed by atoms with E-state index in [0.717, 1.165) is 18.4 Å². The maximum Gasteiger partial charge on any atom is 0.410 e. The molecule has 21 heavy (non-hydrogen) atoms. The molecule has 5 nitrogen and oxygen atoms in total. The third-order valence-corrected chi connectivity index (χ3v) is 3.61. The number of hydrogen-bond donors (Lipinski definition) is 1. The minimum absolute atomic E-state index is 0.148. The molecule has 1 unspecified atom stereocenters. The van der Waals surface area contributed by atoms with Crippen molar-refractivity contribution in [3.8, 4) is 0 Å². The average Bonchev–Trinajstić information content (AvgIpc) is 2.52. The molecule has 0 spiro atoms. The molecule has 112 valence electrons. The summed E-state index contributed by atoms with van der Waals surface area (Å²) in [6.45, 7) is 4.94. The lowest BCUT2D eigenvalue weighted by atomic mass is 9.90. The number of carbonyl (C=O) groups is 2. The van der Waals surface area contributed by atoms with Crippen LogP contribution in [0.25, 0.3) is 0 Å². The molecule has 1 N–H and O–H groups in total. The number of aromatic carboxylic acids is 1. The normalized spacial score (nSPS) is 18.1. The first-order chi connectivity index (χ1) is 10.1. The lowest BCUT2D eigenvalue weighted by Crippen LogP contribution is -2.39. The summed E-state index contributed by atoms with van der Waals surface area (Å²) in [6.07, 6.45) is 3.02. The molecule has 0 aliphatic carbocycles. The van der Waals surface area contributed by atoms with Crippen molar-refractivity contribution in [1.82, 2.24) is 4.90 Å². The first kappa shape index (κ1) is 15.1. The highest BCUT2D eigenvalue weighted by Crippen LogP contribution is 2.27. The first-order valence-electron chi connectivity index (χ1n) is 6.97. The van der Waals surface area contributed by atoms with Crippen LogP contribution >= 0.6 is 0 Å². The Morgan fingerprint density at radius 2 is 2.29 bits per heavy atom. The van der Waals surface area contributed by atoms with Gasteiger partial charge >= 0.3 is 12.1 Å². The van der Waals surface area contributed by atoms with Crippen LogP contribution < -0.4 is 0 Å². The number of rotatable bonds is 4. The van der Waals surface area contributed by atoms with Crippen molar-refractivity contribution in [2.75, 3.05) is 19.7 Å². The van der Waals surface area contributed by atoms with Crippen molar-refractivity contribution in [3.63, 3.8) is 0 Å². The summed E-state index contributed by atoms with van der Waals surface area (Å²) in [5.74, 6) is -0.788. The molecule has 1 heterocycles. The number of hydrogen-bond acceptors (Lipinski definition) is 3. The summed E-state index contributed by atoms with van der Waals surface area (Å²) < 4.78 is 5.05. The quantitative estimate of drug-likeness (QED) is 0.865. The first-order valence-corrected chi connectivity index (χ1v) is 6.97. The van der Waals surface area contributed by atoms with Gasteiger partial charge in [0.2, 0.25) is 0 Å². The lowest BCUT2D eigenvalue weighted by molar-refractivity contribution is 0.0696. The lowest BCUT2D eigenvalue weighted by Gasteiger charge is -2.32. The Kier molecular flexibility index (Phi) is 4.98. The van der Waals surface area contributed by atoms with Gasteiger partial charge in [0.15, 0.2) is 0 Å². The molecule has 1 aromatic carbocycles. The van der Waals surface area contributed by atoms with Crippen LogP contribution in [0.15, 0.2) is 36.9 Å². The van der Waals surface area contributed by atoms with E-state index in [4.69, 9.17) is 9.84 Å². The highest BCUT2D eigenvalue weighted by atomic mass is 16.6. The number of piperidine rings is 1. The third kappa shape index (κ3) is 3.84. The van der Waals surface area contributed by atoms with Crippen LogP contribution in [-0.4, -0.2) is 41.8 Å². The Balaban J connectivity index is 2.06. The minimum atomic E-state index is -0.935. The van der Waals surface area contributed by atoms with Crippen molar-refractivity contribution < 1.29 is 19.4 Å². The molecule has 1 aliphatic heterocycles. The molecule has 0 radical (unpaired) electrons. The van der Waals surface area contributed by atoms with E-state index in [1.807, 2.05) is 6.07 Å². The molecule has 0 saturated carbocycles. The van der Waals surface area contributed by atoms with Gasteiger partial charge in [0.1, 0.15) is 6.61 Å². The van der Waals surface area contributed by atoms with E-state index in [1.165, 1.54) is 6.08 Å². The fourth-order valence-electron chi connectivity index (χ4n) is 2.56. The summed E-state index contributed by atoms with van der Waals surface area (Å²) >= 11 is 0. The Bertz CT molecular complexity index is 541. The summed E-state index contributed by atoms with van der Waals surface area (Å²) in [6, 6.07) is 6.92. The van der Waals surface area contributed by atoms with Crippen molar-refractivity contribution in [2.45, 2.75) is 18.8 Å². The van der Waals surface area contributed by atoms with E-state index in [9.17, 15) is 9.59 Å². The molecule has 1 fully saturated rings. The molecule has 0 bridgehead atoms. The van der Waals surface area contributed by atoms with Crippen LogP contribution in [0, 0.1) is 0 Å². The molecule has 1 aromatic rings. The van der Waals surface area contributed by atoms with Crippen LogP contribution in [0.2, 0.25) is 0 Å². The zero-order chi connectivity index (χ0) is 15.2. The number of benzene rings is 1. The molecule has 1 atom stereocenters. The van der Waals surface area contributed by atoms with Gasteiger partial charge in [-0.25, -0.2) is 9.59 Å². The monoisotopic (exact) mass is 289 g/mol. The van der Waals surface area contributed by atoms with E-state index >= 15 is 0 Å². The third-order valence-electron chi connectivity index (χ3n) is 3.61. The fourth-order valence-corrected chi connectivity index (χ4v) is 2.56. The number of carbonyl (C=O) groups excluding carboxylic acids is 1. The number of nitrogens with zero attached hydrogens (tertiary/aromatic N) is 1. The molecular formula is C16H19NO4. The molecule has 1 aliphatic rings. The molecule has 0 aromatic heterocycles. The van der Waals surface area contributed by atoms with E-state index < -0.39 is 5.97 Å². The van der Waals surface area contributed by atoms with E-state index in [0.29, 0.717) is 13.1 Å². The average molecular weight is 289 g/mol. The Hall–Kier alpha value is -2.30. The van der Waals surface area contributed by atoms with Gasteiger partial charge in [0.25, 0.3) is 0 Å². The SMILES string of the molecule is C=CCOC(=O)N1CCCC(c2cccc(C(=O)O)c2)C1. The predicted octanol–water partition coefficient (Wildman–Crippen LogP) is 2.89. The number of amides is 1. The standard InChI is InChI=1S/C16H19NO4/c1-2-9-21-16(20)17-8-4-7-14(11-17)12-5-3-6-13(10-12)15(18)19/h2-3,5-6,10,14H,1,4,7-9,11H2,(H,18,19). The van der Waals surface area contributed by atoms with Gasteiger partial charge in [-0.15, -0.1) is 0 Å². The van der Waals surface area contributed by atoms with Crippen LogP contribution in [0.5, 0.6) is 0 Å². The highest BCUT2D eigenvalue weighted by molar-refractivity contribution is 5.87. The Morgan fingerprint density at radius 1 is 1.48 bits per heavy atom. The molecule has 5 heteroatoms. The second-order valence-corrected chi connectivity index (χ2v) is 5.08. The Labute approximate surface area is 123 Å². The topological polar surface area (TPSA) is 66.8 Å². The number of likely N-dealkylation sites (tertiary alicyclic amines) is 1. The second-order valence-electron chi connectivity index (χ2n) is 5.08. The maximum absolute atomic E-state index is 11.9. The van der Waals surface area contributed by atoms with Gasteiger partial charge in [0, 0.05) is 19.0 Å². The number of carboxylic acids is 1.